The van der Waals surface area contributed by atoms with Gasteiger partial charge < -0.3 is 10.2 Å². The lowest BCUT2D eigenvalue weighted by molar-refractivity contribution is 0.0526. The molecule has 1 N–H and O–H groups in total. The highest BCUT2D eigenvalue weighted by molar-refractivity contribution is 6.35. The third-order valence-corrected chi connectivity index (χ3v) is 4.60. The highest BCUT2D eigenvalue weighted by atomic mass is 35.5. The summed E-state index contributed by atoms with van der Waals surface area (Å²) in [6.07, 6.45) is 0. The molecule has 136 valence electrons. The first-order chi connectivity index (χ1) is 12.4. The summed E-state index contributed by atoms with van der Waals surface area (Å²) in [5.74, 6) is -0.432. The monoisotopic (exact) mass is 393 g/mol. The van der Waals surface area contributed by atoms with Gasteiger partial charge in [0.05, 0.1) is 29.7 Å². The first-order valence-corrected chi connectivity index (χ1v) is 8.74. The van der Waals surface area contributed by atoms with Gasteiger partial charge in [0.2, 0.25) is 0 Å². The van der Waals surface area contributed by atoms with Crippen molar-refractivity contribution in [2.45, 2.75) is 13.5 Å². The van der Waals surface area contributed by atoms with Gasteiger partial charge in [-0.3, -0.25) is 4.57 Å². The van der Waals surface area contributed by atoms with Crippen LogP contribution in [0.25, 0.3) is 11.0 Å². The van der Waals surface area contributed by atoms with Crippen molar-refractivity contribution >= 4 is 40.2 Å². The molecule has 0 bridgehead atoms. The van der Waals surface area contributed by atoms with E-state index in [1.54, 1.807) is 50.4 Å². The lowest BCUT2D eigenvalue weighted by Gasteiger charge is -2.10. The van der Waals surface area contributed by atoms with Crippen LogP contribution in [0.5, 0.6) is 0 Å². The number of nitrogens with one attached hydrogen (secondary N) is 1. The molecule has 1 aromatic heterocycles. The number of rotatable bonds is 5. The van der Waals surface area contributed by atoms with Gasteiger partial charge in [0, 0.05) is 17.1 Å². The molecule has 3 rings (SSSR count). The molecule has 2 aromatic carbocycles. The van der Waals surface area contributed by atoms with E-state index >= 15 is 0 Å². The average Bonchev–Trinajstić information content (AvgIpc) is 2.85. The fourth-order valence-corrected chi connectivity index (χ4v) is 3.14. The van der Waals surface area contributed by atoms with Gasteiger partial charge >= 0.3 is 11.7 Å². The van der Waals surface area contributed by atoms with E-state index in [0.717, 1.165) is 5.56 Å². The zero-order valence-electron chi connectivity index (χ0n) is 14.3. The molecule has 0 aliphatic carbocycles. The van der Waals surface area contributed by atoms with E-state index in [2.05, 4.69) is 5.43 Å². The number of nitrogens with zero attached hydrogens (tertiary/aromatic N) is 2. The van der Waals surface area contributed by atoms with E-state index in [-0.39, 0.29) is 12.3 Å². The Morgan fingerprint density at radius 1 is 1.15 bits per heavy atom. The Balaban J connectivity index is 1.98. The number of imidazole rings is 1. The molecule has 0 saturated heterocycles. The highest BCUT2D eigenvalue weighted by Gasteiger charge is 2.15. The Labute approximate surface area is 159 Å². The molecule has 0 unspecified atom stereocenters. The van der Waals surface area contributed by atoms with Crippen LogP contribution in [-0.4, -0.2) is 21.8 Å². The van der Waals surface area contributed by atoms with E-state index in [0.29, 0.717) is 33.2 Å². The molecule has 0 amide bonds. The van der Waals surface area contributed by atoms with Crippen LogP contribution in [-0.2, 0) is 18.3 Å². The summed E-state index contributed by atoms with van der Waals surface area (Å²) in [6.45, 7) is 2.34. The Hall–Kier alpha value is -2.44. The Morgan fingerprint density at radius 3 is 2.62 bits per heavy atom. The maximum atomic E-state index is 12.5. The summed E-state index contributed by atoms with van der Waals surface area (Å²) in [5, 5.41) is 1.05. The SMILES string of the molecule is CCOC(=O)c1ccc2c(c1)n(NCc1ccc(Cl)cc1Cl)c(=O)n2C. The van der Waals surface area contributed by atoms with Gasteiger partial charge in [-0.1, -0.05) is 29.3 Å². The summed E-state index contributed by atoms with van der Waals surface area (Å²) >= 11 is 12.1. The molecule has 0 aliphatic heterocycles. The number of aromatic nitrogens is 2. The molecule has 0 fully saturated rings. The third kappa shape index (κ3) is 3.43. The van der Waals surface area contributed by atoms with Crippen LogP contribution in [0.4, 0.5) is 0 Å². The summed E-state index contributed by atoms with van der Waals surface area (Å²) < 4.78 is 7.92. The maximum absolute atomic E-state index is 12.5. The zero-order chi connectivity index (χ0) is 18.8. The zero-order valence-corrected chi connectivity index (χ0v) is 15.8. The van der Waals surface area contributed by atoms with Crippen LogP contribution in [0.3, 0.4) is 0 Å². The summed E-state index contributed by atoms with van der Waals surface area (Å²) in [5.41, 5.74) is 5.24. The molecule has 0 atom stereocenters. The normalized spacial score (nSPS) is 10.9. The van der Waals surface area contributed by atoms with Gasteiger partial charge in [0.1, 0.15) is 0 Å². The fourth-order valence-electron chi connectivity index (χ4n) is 2.67. The smallest absolute Gasteiger partial charge is 0.347 e. The van der Waals surface area contributed by atoms with Gasteiger partial charge in [0.15, 0.2) is 0 Å². The van der Waals surface area contributed by atoms with E-state index in [1.165, 1.54) is 9.24 Å². The van der Waals surface area contributed by atoms with Crippen LogP contribution in [0.15, 0.2) is 41.2 Å². The van der Waals surface area contributed by atoms with E-state index in [4.69, 9.17) is 27.9 Å². The van der Waals surface area contributed by atoms with Gasteiger partial charge in [-0.2, -0.15) is 0 Å². The molecule has 1 heterocycles. The van der Waals surface area contributed by atoms with Crippen LogP contribution < -0.4 is 11.1 Å². The average molecular weight is 394 g/mol. The molecular formula is C18H17Cl2N3O3. The Morgan fingerprint density at radius 2 is 1.92 bits per heavy atom. The minimum Gasteiger partial charge on any atom is -0.462 e. The molecule has 6 nitrogen and oxygen atoms in total. The quantitative estimate of drug-likeness (QED) is 0.672. The minimum absolute atomic E-state index is 0.258. The third-order valence-electron chi connectivity index (χ3n) is 4.01. The lowest BCUT2D eigenvalue weighted by Crippen LogP contribution is -2.29. The van der Waals surface area contributed by atoms with Crippen molar-refractivity contribution in [3.05, 3.63) is 68.1 Å². The number of fused-ring (bicyclic) bond motifs is 1. The number of ether oxygens (including phenoxy) is 1. The molecule has 26 heavy (non-hydrogen) atoms. The van der Waals surface area contributed by atoms with Gasteiger partial charge in [-0.05, 0) is 42.8 Å². The molecular weight excluding hydrogens is 377 g/mol. The van der Waals surface area contributed by atoms with Gasteiger partial charge in [-0.15, -0.1) is 0 Å². The minimum atomic E-state index is -0.432. The number of hydrogen-bond donors (Lipinski definition) is 1. The number of esters is 1. The number of halogens is 2. The van der Waals surface area contributed by atoms with Gasteiger partial charge in [-0.25, -0.2) is 14.3 Å². The number of benzene rings is 2. The highest BCUT2D eigenvalue weighted by Crippen LogP contribution is 2.21. The summed E-state index contributed by atoms with van der Waals surface area (Å²) in [4.78, 5) is 24.5. The number of hydrogen-bond acceptors (Lipinski definition) is 4. The van der Waals surface area contributed by atoms with E-state index < -0.39 is 5.97 Å². The predicted molar refractivity (Wildman–Crippen MR) is 103 cm³/mol. The van der Waals surface area contributed by atoms with Crippen LogP contribution >= 0.6 is 23.2 Å². The van der Waals surface area contributed by atoms with Crippen molar-refractivity contribution in [3.63, 3.8) is 0 Å². The summed E-state index contributed by atoms with van der Waals surface area (Å²) in [7, 11) is 1.67. The Kier molecular flexibility index (Phi) is 5.25. The van der Waals surface area contributed by atoms with E-state index in [1.807, 2.05) is 0 Å². The van der Waals surface area contributed by atoms with Gasteiger partial charge in [0.25, 0.3) is 0 Å². The topological polar surface area (TPSA) is 65.3 Å². The van der Waals surface area contributed by atoms with E-state index in [9.17, 15) is 9.59 Å². The van der Waals surface area contributed by atoms with Crippen molar-refractivity contribution in [1.82, 2.24) is 9.24 Å². The van der Waals surface area contributed by atoms with Crippen LogP contribution in [0.2, 0.25) is 10.0 Å². The maximum Gasteiger partial charge on any atom is 0.347 e. The largest absolute Gasteiger partial charge is 0.462 e. The van der Waals surface area contributed by atoms with Crippen LogP contribution in [0, 0.1) is 0 Å². The van der Waals surface area contributed by atoms with Crippen LogP contribution in [0.1, 0.15) is 22.8 Å². The van der Waals surface area contributed by atoms with Crippen molar-refractivity contribution in [2.75, 3.05) is 12.0 Å². The second-order valence-corrected chi connectivity index (χ2v) is 6.52. The number of aryl methyl sites for hydroxylation is 1. The molecule has 0 aliphatic rings. The first-order valence-electron chi connectivity index (χ1n) is 7.98. The summed E-state index contributed by atoms with van der Waals surface area (Å²) in [6, 6.07) is 10.2. The second-order valence-electron chi connectivity index (χ2n) is 5.67. The number of carbonyl (C=O) groups excluding carboxylic acids is 1. The Bertz CT molecular complexity index is 1040. The first kappa shape index (κ1) is 18.4. The van der Waals surface area contributed by atoms with Crippen molar-refractivity contribution in [3.8, 4) is 0 Å². The molecule has 8 heteroatoms. The number of carbonyl (C=O) groups is 1. The predicted octanol–water partition coefficient (Wildman–Crippen LogP) is 3.57. The molecule has 0 saturated carbocycles. The lowest BCUT2D eigenvalue weighted by atomic mass is 10.2. The molecule has 0 radical (unpaired) electrons. The fraction of sp³-hybridized carbons (Fsp3) is 0.222. The van der Waals surface area contributed by atoms with Crippen molar-refractivity contribution in [1.29, 1.82) is 0 Å². The molecule has 3 aromatic rings. The molecule has 0 spiro atoms. The standard InChI is InChI=1S/C18H17Cl2N3O3/c1-3-26-17(24)11-5-7-15-16(8-11)23(18(25)22(15)2)21-10-12-4-6-13(19)9-14(12)20/h4-9,21H,3,10H2,1-2H3. The van der Waals surface area contributed by atoms with Crippen molar-refractivity contribution < 1.29 is 9.53 Å². The second kappa shape index (κ2) is 7.43. The van der Waals surface area contributed by atoms with Crippen molar-refractivity contribution in [2.24, 2.45) is 7.05 Å².